The van der Waals surface area contributed by atoms with Crippen LogP contribution in [0.25, 0.3) is 0 Å². The maximum absolute atomic E-state index is 5.49. The maximum atomic E-state index is 5.49. The fourth-order valence-electron chi connectivity index (χ4n) is 1.45. The fraction of sp³-hybridized carbons (Fsp3) is 0.571. The van der Waals surface area contributed by atoms with Crippen molar-refractivity contribution < 1.29 is 0 Å². The van der Waals surface area contributed by atoms with Gasteiger partial charge in [0.2, 0.25) is 0 Å². The highest BCUT2D eigenvalue weighted by Crippen LogP contribution is 2.15. The van der Waals surface area contributed by atoms with Crippen molar-refractivity contribution in [3.8, 4) is 0 Å². The number of anilines is 1. The van der Waals surface area contributed by atoms with E-state index in [4.69, 9.17) is 5.73 Å². The highest BCUT2D eigenvalue weighted by atomic mass is 15.1. The summed E-state index contributed by atoms with van der Waals surface area (Å²) in [6.45, 7) is 2.14. The van der Waals surface area contributed by atoms with Crippen LogP contribution in [0.3, 0.4) is 0 Å². The van der Waals surface area contributed by atoms with Crippen molar-refractivity contribution in [2.24, 2.45) is 0 Å². The molecule has 1 aliphatic heterocycles. The zero-order valence-corrected chi connectivity index (χ0v) is 6.33. The van der Waals surface area contributed by atoms with E-state index in [-0.39, 0.29) is 0 Å². The molecule has 11 heavy (non-hydrogen) atoms. The summed E-state index contributed by atoms with van der Waals surface area (Å²) in [4.78, 5) is 3.97. The van der Waals surface area contributed by atoms with Gasteiger partial charge in [-0.3, -0.25) is 0 Å². The second kappa shape index (κ2) is 2.54. The molecule has 1 atom stereocenters. The zero-order chi connectivity index (χ0) is 7.68. The summed E-state index contributed by atoms with van der Waals surface area (Å²) < 4.78 is 2.08. The van der Waals surface area contributed by atoms with Gasteiger partial charge in [0.25, 0.3) is 0 Å². The molecule has 0 bridgehead atoms. The van der Waals surface area contributed by atoms with Crippen LogP contribution in [0.1, 0.15) is 12.5 Å². The van der Waals surface area contributed by atoms with Gasteiger partial charge in [-0.1, -0.05) is 0 Å². The topological polar surface area (TPSA) is 55.9 Å². The Kier molecular flexibility index (Phi) is 1.54. The van der Waals surface area contributed by atoms with Gasteiger partial charge in [0.15, 0.2) is 0 Å². The van der Waals surface area contributed by atoms with Gasteiger partial charge in [-0.05, 0) is 13.0 Å². The van der Waals surface area contributed by atoms with Crippen molar-refractivity contribution in [1.82, 2.24) is 14.9 Å². The number of nitrogens with zero attached hydrogens (tertiary/aromatic N) is 2. The molecule has 1 aromatic rings. The van der Waals surface area contributed by atoms with Crippen molar-refractivity contribution >= 4 is 5.82 Å². The van der Waals surface area contributed by atoms with Gasteiger partial charge < -0.3 is 15.6 Å². The smallest absolute Gasteiger partial charge is 0.141 e. The van der Waals surface area contributed by atoms with E-state index in [1.807, 2.05) is 6.20 Å². The third-order valence-electron chi connectivity index (χ3n) is 2.08. The number of aromatic nitrogens is 2. The molecule has 1 unspecified atom stereocenters. The average molecular weight is 152 g/mol. The van der Waals surface area contributed by atoms with Gasteiger partial charge in [0.1, 0.15) is 5.82 Å². The number of nitrogens with one attached hydrogen (secondary N) is 1. The van der Waals surface area contributed by atoms with Gasteiger partial charge in [0.05, 0.1) is 6.33 Å². The highest BCUT2D eigenvalue weighted by Gasteiger charge is 2.15. The predicted octanol–water partition coefficient (Wildman–Crippen LogP) is -0.000300. The molecule has 0 saturated carbocycles. The first-order valence-corrected chi connectivity index (χ1v) is 3.86. The fourth-order valence-corrected chi connectivity index (χ4v) is 1.45. The van der Waals surface area contributed by atoms with Crippen LogP contribution >= 0.6 is 0 Å². The molecule has 4 heteroatoms. The Morgan fingerprint density at radius 1 is 1.73 bits per heavy atom. The summed E-state index contributed by atoms with van der Waals surface area (Å²) in [5.74, 6) is 0.608. The van der Waals surface area contributed by atoms with Crippen molar-refractivity contribution in [2.75, 3.05) is 18.8 Å². The van der Waals surface area contributed by atoms with Gasteiger partial charge in [-0.25, -0.2) is 4.98 Å². The minimum Gasteiger partial charge on any atom is -0.382 e. The predicted molar refractivity (Wildman–Crippen MR) is 43.2 cm³/mol. The molecular weight excluding hydrogens is 140 g/mol. The molecule has 2 heterocycles. The second-order valence-corrected chi connectivity index (χ2v) is 2.89. The van der Waals surface area contributed by atoms with Crippen LogP contribution in [0.15, 0.2) is 12.5 Å². The molecule has 2 rings (SSSR count). The quantitative estimate of drug-likeness (QED) is 0.595. The number of rotatable bonds is 1. The first-order valence-electron chi connectivity index (χ1n) is 3.86. The first-order chi connectivity index (χ1) is 5.36. The van der Waals surface area contributed by atoms with Crippen molar-refractivity contribution in [3.63, 3.8) is 0 Å². The number of hydrogen-bond acceptors (Lipinski definition) is 3. The Morgan fingerprint density at radius 3 is 3.18 bits per heavy atom. The second-order valence-electron chi connectivity index (χ2n) is 2.89. The lowest BCUT2D eigenvalue weighted by molar-refractivity contribution is 0.547. The Hall–Kier alpha value is -1.03. The summed E-state index contributed by atoms with van der Waals surface area (Å²) in [7, 11) is 0. The van der Waals surface area contributed by atoms with E-state index < -0.39 is 0 Å². The van der Waals surface area contributed by atoms with E-state index in [9.17, 15) is 0 Å². The number of nitrogens with two attached hydrogens (primary N) is 1. The van der Waals surface area contributed by atoms with E-state index in [0.717, 1.165) is 13.1 Å². The summed E-state index contributed by atoms with van der Waals surface area (Å²) >= 11 is 0. The van der Waals surface area contributed by atoms with Crippen LogP contribution in [0.4, 0.5) is 5.82 Å². The van der Waals surface area contributed by atoms with Gasteiger partial charge in [-0.15, -0.1) is 0 Å². The minimum atomic E-state index is 0.555. The zero-order valence-electron chi connectivity index (χ0n) is 6.33. The number of hydrogen-bond donors (Lipinski definition) is 2. The van der Waals surface area contributed by atoms with Crippen LogP contribution in [-0.2, 0) is 0 Å². The van der Waals surface area contributed by atoms with Crippen LogP contribution in [0.2, 0.25) is 0 Å². The standard InChI is InChI=1S/C7H12N4/c8-7-4-11(5-10-7)6-1-2-9-3-6/h4-6,9H,1-3,8H2. The SMILES string of the molecule is Nc1cn(C2CCNC2)cn1. The van der Waals surface area contributed by atoms with Gasteiger partial charge in [0, 0.05) is 18.8 Å². The molecule has 0 spiro atoms. The molecule has 1 aromatic heterocycles. The van der Waals surface area contributed by atoms with Crippen molar-refractivity contribution in [3.05, 3.63) is 12.5 Å². The Bertz CT molecular complexity index is 236. The Morgan fingerprint density at radius 2 is 2.64 bits per heavy atom. The average Bonchev–Trinajstić information content (AvgIpc) is 2.55. The molecule has 0 amide bonds. The lowest BCUT2D eigenvalue weighted by atomic mass is 10.3. The molecule has 3 N–H and O–H groups in total. The summed E-state index contributed by atoms with van der Waals surface area (Å²) in [5.41, 5.74) is 5.49. The molecular formula is C7H12N4. The maximum Gasteiger partial charge on any atom is 0.141 e. The summed E-state index contributed by atoms with van der Waals surface area (Å²) in [6.07, 6.45) is 4.86. The molecule has 4 nitrogen and oxygen atoms in total. The first kappa shape index (κ1) is 6.67. The van der Waals surface area contributed by atoms with E-state index >= 15 is 0 Å². The van der Waals surface area contributed by atoms with Crippen LogP contribution in [-0.4, -0.2) is 22.6 Å². The molecule has 1 fully saturated rings. The lowest BCUT2D eigenvalue weighted by Gasteiger charge is -2.07. The highest BCUT2D eigenvalue weighted by molar-refractivity contribution is 5.23. The van der Waals surface area contributed by atoms with E-state index in [2.05, 4.69) is 14.9 Å². The number of imidazole rings is 1. The van der Waals surface area contributed by atoms with Crippen LogP contribution < -0.4 is 11.1 Å². The van der Waals surface area contributed by atoms with E-state index in [0.29, 0.717) is 11.9 Å². The molecule has 0 aromatic carbocycles. The molecule has 1 aliphatic rings. The summed E-state index contributed by atoms with van der Waals surface area (Å²) in [6, 6.07) is 0.555. The van der Waals surface area contributed by atoms with Crippen LogP contribution in [0.5, 0.6) is 0 Å². The Balaban J connectivity index is 2.15. The van der Waals surface area contributed by atoms with Crippen molar-refractivity contribution in [2.45, 2.75) is 12.5 Å². The van der Waals surface area contributed by atoms with Crippen LogP contribution in [0, 0.1) is 0 Å². The van der Waals surface area contributed by atoms with Gasteiger partial charge in [-0.2, -0.15) is 0 Å². The van der Waals surface area contributed by atoms with E-state index in [1.165, 1.54) is 6.42 Å². The van der Waals surface area contributed by atoms with E-state index in [1.54, 1.807) is 6.33 Å². The summed E-state index contributed by atoms with van der Waals surface area (Å²) in [5, 5.41) is 3.29. The monoisotopic (exact) mass is 152 g/mol. The molecule has 0 radical (unpaired) electrons. The normalized spacial score (nSPS) is 24.2. The Labute approximate surface area is 65.4 Å². The van der Waals surface area contributed by atoms with Crippen molar-refractivity contribution in [1.29, 1.82) is 0 Å². The third-order valence-corrected chi connectivity index (χ3v) is 2.08. The number of nitrogen functional groups attached to an aromatic ring is 1. The third kappa shape index (κ3) is 1.21. The molecule has 0 aliphatic carbocycles. The largest absolute Gasteiger partial charge is 0.382 e. The molecule has 1 saturated heterocycles. The van der Waals surface area contributed by atoms with Gasteiger partial charge >= 0.3 is 0 Å². The minimum absolute atomic E-state index is 0.555. The molecule has 60 valence electrons. The lowest BCUT2D eigenvalue weighted by Crippen LogP contribution is -2.11.